The van der Waals surface area contributed by atoms with Crippen LogP contribution in [0.15, 0.2) is 53.7 Å². The zero-order valence-electron chi connectivity index (χ0n) is 8.53. The Balaban J connectivity index is 2.82. The molecule has 1 aromatic carbocycles. The molecule has 0 radical (unpaired) electrons. The molecule has 0 aromatic heterocycles. The molecule has 0 fully saturated rings. The van der Waals surface area contributed by atoms with Gasteiger partial charge in [-0.15, -0.1) is 0 Å². The van der Waals surface area contributed by atoms with Gasteiger partial charge in [0.2, 0.25) is 0 Å². The molecule has 0 N–H and O–H groups in total. The Labute approximate surface area is 85.5 Å². The highest BCUT2D eigenvalue weighted by Gasteiger charge is 1.96. The minimum Gasteiger partial charge on any atom is -0.269 e. The molecule has 0 saturated carbocycles. The third-order valence-corrected chi connectivity index (χ3v) is 1.98. The van der Waals surface area contributed by atoms with Crippen LogP contribution in [-0.2, 0) is 6.42 Å². The number of hydrogen-bond acceptors (Lipinski definition) is 1. The average molecular weight is 185 g/mol. The molecule has 0 aliphatic rings. The summed E-state index contributed by atoms with van der Waals surface area (Å²) in [6.07, 6.45) is 4.44. The number of benzene rings is 1. The van der Waals surface area contributed by atoms with Gasteiger partial charge in [0.15, 0.2) is 0 Å². The van der Waals surface area contributed by atoms with Crippen molar-refractivity contribution < 1.29 is 0 Å². The van der Waals surface area contributed by atoms with Crippen LogP contribution in [-0.4, -0.2) is 6.72 Å². The van der Waals surface area contributed by atoms with Crippen molar-refractivity contribution in [1.82, 2.24) is 0 Å². The summed E-state index contributed by atoms with van der Waals surface area (Å²) in [5.74, 6) is 0. The van der Waals surface area contributed by atoms with Gasteiger partial charge in [0.05, 0.1) is 0 Å². The van der Waals surface area contributed by atoms with Crippen molar-refractivity contribution >= 4 is 6.72 Å². The molecule has 0 heterocycles. The van der Waals surface area contributed by atoms with E-state index in [1.807, 2.05) is 6.08 Å². The molecule has 1 nitrogen and oxygen atoms in total. The highest BCUT2D eigenvalue weighted by Crippen LogP contribution is 2.10. The Kier molecular flexibility index (Phi) is 3.86. The number of aryl methyl sites for hydroxylation is 1. The van der Waals surface area contributed by atoms with E-state index in [0.29, 0.717) is 0 Å². The van der Waals surface area contributed by atoms with Gasteiger partial charge in [0, 0.05) is 12.1 Å². The Morgan fingerprint density at radius 1 is 1.50 bits per heavy atom. The molecule has 1 rings (SSSR count). The fraction of sp³-hybridized carbons (Fsp3) is 0.154. The summed E-state index contributed by atoms with van der Waals surface area (Å²) >= 11 is 0. The van der Waals surface area contributed by atoms with E-state index in [9.17, 15) is 0 Å². The van der Waals surface area contributed by atoms with Crippen LogP contribution >= 0.6 is 0 Å². The van der Waals surface area contributed by atoms with Crippen LogP contribution in [0.25, 0.3) is 0 Å². The Hall–Kier alpha value is -1.63. The molecule has 14 heavy (non-hydrogen) atoms. The second-order valence-corrected chi connectivity index (χ2v) is 3.22. The summed E-state index contributed by atoms with van der Waals surface area (Å²) in [5, 5.41) is 0. The van der Waals surface area contributed by atoms with Gasteiger partial charge in [-0.25, -0.2) is 0 Å². The lowest BCUT2D eigenvalue weighted by Crippen LogP contribution is -1.88. The van der Waals surface area contributed by atoms with Gasteiger partial charge < -0.3 is 0 Å². The Bertz CT molecular complexity index is 361. The van der Waals surface area contributed by atoms with E-state index in [2.05, 4.69) is 49.5 Å². The van der Waals surface area contributed by atoms with E-state index in [4.69, 9.17) is 0 Å². The molecule has 0 aliphatic heterocycles. The van der Waals surface area contributed by atoms with Crippen molar-refractivity contribution in [2.24, 2.45) is 4.99 Å². The lowest BCUT2D eigenvalue weighted by molar-refractivity contribution is 1.11. The molecule has 0 atom stereocenters. The van der Waals surface area contributed by atoms with Crippen molar-refractivity contribution in [2.45, 2.75) is 13.3 Å². The number of allylic oxidation sites excluding steroid dienone is 3. The van der Waals surface area contributed by atoms with Crippen LogP contribution in [0.5, 0.6) is 0 Å². The van der Waals surface area contributed by atoms with Crippen LogP contribution in [0.3, 0.4) is 0 Å². The molecule has 0 aliphatic carbocycles. The van der Waals surface area contributed by atoms with Gasteiger partial charge in [0.25, 0.3) is 0 Å². The SMILES string of the molecule is C=C/C=C(/Cc1cccc(C)c1)N=C. The first-order valence-corrected chi connectivity index (χ1v) is 4.60. The summed E-state index contributed by atoms with van der Waals surface area (Å²) in [4.78, 5) is 3.94. The summed E-state index contributed by atoms with van der Waals surface area (Å²) in [6.45, 7) is 9.26. The van der Waals surface area contributed by atoms with Gasteiger partial charge in [-0.2, -0.15) is 0 Å². The lowest BCUT2D eigenvalue weighted by Gasteiger charge is -2.02. The average Bonchev–Trinajstić information content (AvgIpc) is 2.17. The number of hydrogen-bond donors (Lipinski definition) is 0. The predicted molar refractivity (Wildman–Crippen MR) is 62.7 cm³/mol. The normalized spacial score (nSPS) is 11.1. The van der Waals surface area contributed by atoms with Crippen LogP contribution in [0, 0.1) is 6.92 Å². The fourth-order valence-electron chi connectivity index (χ4n) is 1.33. The van der Waals surface area contributed by atoms with Gasteiger partial charge in [-0.1, -0.05) is 42.5 Å². The van der Waals surface area contributed by atoms with E-state index in [-0.39, 0.29) is 0 Å². The van der Waals surface area contributed by atoms with Gasteiger partial charge in [0.1, 0.15) is 0 Å². The maximum Gasteiger partial charge on any atom is 0.0439 e. The number of nitrogens with zero attached hydrogens (tertiary/aromatic N) is 1. The molecule has 1 heteroatoms. The molecule has 0 spiro atoms. The highest BCUT2D eigenvalue weighted by atomic mass is 14.7. The Morgan fingerprint density at radius 2 is 2.29 bits per heavy atom. The summed E-state index contributed by atoms with van der Waals surface area (Å²) < 4.78 is 0. The highest BCUT2D eigenvalue weighted by molar-refractivity contribution is 5.33. The van der Waals surface area contributed by atoms with Crippen LogP contribution in [0.4, 0.5) is 0 Å². The van der Waals surface area contributed by atoms with E-state index in [0.717, 1.165) is 12.1 Å². The monoisotopic (exact) mass is 185 g/mol. The van der Waals surface area contributed by atoms with Crippen molar-refractivity contribution in [3.05, 3.63) is 59.8 Å². The second kappa shape index (κ2) is 5.18. The topological polar surface area (TPSA) is 12.4 Å². The number of aliphatic imine (C=N–C) groups is 1. The quantitative estimate of drug-likeness (QED) is 0.504. The van der Waals surface area contributed by atoms with Gasteiger partial charge in [-0.05, 0) is 25.3 Å². The third-order valence-electron chi connectivity index (χ3n) is 1.98. The summed E-state index contributed by atoms with van der Waals surface area (Å²) in [7, 11) is 0. The molecule has 0 saturated heterocycles. The van der Waals surface area contributed by atoms with Crippen molar-refractivity contribution in [3.8, 4) is 0 Å². The van der Waals surface area contributed by atoms with Crippen LogP contribution < -0.4 is 0 Å². The minimum absolute atomic E-state index is 0.817. The molecular formula is C13H15N. The largest absolute Gasteiger partial charge is 0.269 e. The predicted octanol–water partition coefficient (Wildman–Crippen LogP) is 3.31. The van der Waals surface area contributed by atoms with Crippen LogP contribution in [0.1, 0.15) is 11.1 Å². The van der Waals surface area contributed by atoms with Crippen LogP contribution in [0.2, 0.25) is 0 Å². The minimum atomic E-state index is 0.817. The lowest BCUT2D eigenvalue weighted by atomic mass is 10.1. The van der Waals surface area contributed by atoms with Gasteiger partial charge >= 0.3 is 0 Å². The molecule has 72 valence electrons. The van der Waals surface area contributed by atoms with E-state index < -0.39 is 0 Å². The van der Waals surface area contributed by atoms with Crippen molar-refractivity contribution in [2.75, 3.05) is 0 Å². The third kappa shape index (κ3) is 3.02. The number of rotatable bonds is 4. The van der Waals surface area contributed by atoms with Crippen molar-refractivity contribution in [3.63, 3.8) is 0 Å². The zero-order valence-corrected chi connectivity index (χ0v) is 8.53. The first kappa shape index (κ1) is 10.5. The maximum atomic E-state index is 3.94. The molecule has 0 unspecified atom stereocenters. The van der Waals surface area contributed by atoms with E-state index in [1.54, 1.807) is 6.08 Å². The van der Waals surface area contributed by atoms with Crippen molar-refractivity contribution in [1.29, 1.82) is 0 Å². The molecular weight excluding hydrogens is 170 g/mol. The molecule has 1 aromatic rings. The smallest absolute Gasteiger partial charge is 0.0439 e. The first-order chi connectivity index (χ1) is 6.76. The second-order valence-electron chi connectivity index (χ2n) is 3.22. The zero-order chi connectivity index (χ0) is 10.4. The maximum absolute atomic E-state index is 3.94. The van der Waals surface area contributed by atoms with E-state index in [1.165, 1.54) is 11.1 Å². The van der Waals surface area contributed by atoms with Gasteiger partial charge in [-0.3, -0.25) is 4.99 Å². The summed E-state index contributed by atoms with van der Waals surface area (Å²) in [6, 6.07) is 8.39. The standard InChI is InChI=1S/C13H15N/c1-4-6-13(14-3)10-12-8-5-7-11(2)9-12/h4-9H,1,3,10H2,2H3/b13-6-. The summed E-state index contributed by atoms with van der Waals surface area (Å²) in [5.41, 5.74) is 3.47. The van der Waals surface area contributed by atoms with E-state index >= 15 is 0 Å². The molecule has 0 amide bonds. The Morgan fingerprint density at radius 3 is 2.86 bits per heavy atom. The molecule has 0 bridgehead atoms. The fourth-order valence-corrected chi connectivity index (χ4v) is 1.33. The first-order valence-electron chi connectivity index (χ1n) is 4.60.